The third-order valence-electron chi connectivity index (χ3n) is 5.38. The maximum Gasteiger partial charge on any atom is 0.237 e. The van der Waals surface area contributed by atoms with Crippen LogP contribution in [0.1, 0.15) is 31.2 Å². The summed E-state index contributed by atoms with van der Waals surface area (Å²) in [6.45, 7) is 5.45. The first kappa shape index (κ1) is 23.1. The Kier molecular flexibility index (Phi) is 7.73. The van der Waals surface area contributed by atoms with Gasteiger partial charge in [-0.25, -0.2) is 0 Å². The van der Waals surface area contributed by atoms with E-state index in [0.717, 1.165) is 30.6 Å². The molecule has 1 amide bonds. The minimum absolute atomic E-state index is 0.158. The number of carbonyl (C=O) groups is 1. The molecule has 0 aliphatic carbocycles. The van der Waals surface area contributed by atoms with Gasteiger partial charge in [0.25, 0.3) is 0 Å². The van der Waals surface area contributed by atoms with E-state index in [4.69, 9.17) is 23.2 Å². The lowest BCUT2D eigenvalue weighted by molar-refractivity contribution is -0.115. The Balaban J connectivity index is 1.50. The first-order chi connectivity index (χ1) is 15.5. The van der Waals surface area contributed by atoms with Gasteiger partial charge in [-0.05, 0) is 56.6 Å². The Morgan fingerprint density at radius 2 is 1.84 bits per heavy atom. The molecule has 2 heterocycles. The number of benzene rings is 2. The summed E-state index contributed by atoms with van der Waals surface area (Å²) in [5, 5.41) is 13.1. The second-order valence-electron chi connectivity index (χ2n) is 7.83. The number of hydrogen-bond donors (Lipinski definition) is 1. The molecule has 0 bridgehead atoms. The molecular formula is C23H25Cl2N5OS. The van der Waals surface area contributed by atoms with Crippen LogP contribution < -0.4 is 5.32 Å². The number of aromatic nitrogens is 3. The third-order valence-corrected chi connectivity index (χ3v) is 7.01. The van der Waals surface area contributed by atoms with Crippen molar-refractivity contribution in [2.75, 3.05) is 18.4 Å². The number of nitrogens with zero attached hydrogens (tertiary/aromatic N) is 4. The molecule has 1 aliphatic rings. The summed E-state index contributed by atoms with van der Waals surface area (Å²) in [5.74, 6) is 0.765. The summed E-state index contributed by atoms with van der Waals surface area (Å²) in [6.07, 6.45) is 2.44. The standard InChI is InChI=1S/C23H25Cl2N5OS/c1-16(22(31)26-20-10-9-18(24)13-19(20)25)32-23-28-27-21(15-29-11-5-6-12-29)30(23)14-17-7-3-2-4-8-17/h2-4,7-10,13,16H,5-6,11-12,14-15H2,1H3,(H,26,31). The number of thioether (sulfide) groups is 1. The van der Waals surface area contributed by atoms with E-state index in [1.807, 2.05) is 25.1 Å². The lowest BCUT2D eigenvalue weighted by Crippen LogP contribution is -2.24. The maximum absolute atomic E-state index is 12.8. The highest BCUT2D eigenvalue weighted by molar-refractivity contribution is 8.00. The number of likely N-dealkylation sites (tertiary alicyclic amines) is 1. The number of anilines is 1. The zero-order valence-electron chi connectivity index (χ0n) is 17.8. The van der Waals surface area contributed by atoms with Gasteiger partial charge in [-0.15, -0.1) is 10.2 Å². The van der Waals surface area contributed by atoms with Crippen molar-refractivity contribution < 1.29 is 4.79 Å². The number of carbonyl (C=O) groups excluding carboxylic acids is 1. The molecule has 1 fully saturated rings. The van der Waals surface area contributed by atoms with Crippen molar-refractivity contribution in [3.8, 4) is 0 Å². The Hall–Kier alpha value is -2.06. The third kappa shape index (κ3) is 5.84. The van der Waals surface area contributed by atoms with Gasteiger partial charge in [0.15, 0.2) is 5.16 Å². The molecule has 4 rings (SSSR count). The van der Waals surface area contributed by atoms with E-state index in [1.165, 1.54) is 30.2 Å². The largest absolute Gasteiger partial charge is 0.324 e. The lowest BCUT2D eigenvalue weighted by atomic mass is 10.2. The maximum atomic E-state index is 12.8. The molecule has 3 aromatic rings. The van der Waals surface area contributed by atoms with Gasteiger partial charge in [-0.3, -0.25) is 9.69 Å². The molecule has 0 saturated carbocycles. The van der Waals surface area contributed by atoms with E-state index in [9.17, 15) is 4.79 Å². The molecule has 1 atom stereocenters. The van der Waals surface area contributed by atoms with E-state index in [-0.39, 0.29) is 11.2 Å². The molecule has 1 N–H and O–H groups in total. The SMILES string of the molecule is CC(Sc1nnc(CN2CCCC2)n1Cc1ccccc1)C(=O)Nc1ccc(Cl)cc1Cl. The summed E-state index contributed by atoms with van der Waals surface area (Å²) in [5.41, 5.74) is 1.70. The van der Waals surface area contributed by atoms with Crippen LogP contribution in [0.5, 0.6) is 0 Å². The van der Waals surface area contributed by atoms with Crippen molar-refractivity contribution >= 4 is 46.6 Å². The van der Waals surface area contributed by atoms with Gasteiger partial charge < -0.3 is 9.88 Å². The fraction of sp³-hybridized carbons (Fsp3) is 0.348. The summed E-state index contributed by atoms with van der Waals surface area (Å²) < 4.78 is 2.12. The van der Waals surface area contributed by atoms with Crippen molar-refractivity contribution in [3.05, 3.63) is 70.0 Å². The molecule has 168 valence electrons. The van der Waals surface area contributed by atoms with Gasteiger partial charge >= 0.3 is 0 Å². The van der Waals surface area contributed by atoms with Gasteiger partial charge in [0.1, 0.15) is 5.82 Å². The highest BCUT2D eigenvalue weighted by Crippen LogP contribution is 2.28. The minimum Gasteiger partial charge on any atom is -0.324 e. The molecule has 0 radical (unpaired) electrons. The Bertz CT molecular complexity index is 1070. The van der Waals surface area contributed by atoms with E-state index >= 15 is 0 Å². The van der Waals surface area contributed by atoms with Crippen LogP contribution in [0.15, 0.2) is 53.7 Å². The first-order valence-electron chi connectivity index (χ1n) is 10.6. The smallest absolute Gasteiger partial charge is 0.237 e. The van der Waals surface area contributed by atoms with E-state index in [1.54, 1.807) is 18.2 Å². The Morgan fingerprint density at radius 1 is 1.09 bits per heavy atom. The lowest BCUT2D eigenvalue weighted by Gasteiger charge is -2.17. The average Bonchev–Trinajstić information content (AvgIpc) is 3.42. The van der Waals surface area contributed by atoms with Crippen molar-refractivity contribution in [2.45, 2.75) is 43.3 Å². The molecule has 32 heavy (non-hydrogen) atoms. The van der Waals surface area contributed by atoms with Crippen molar-refractivity contribution in [1.82, 2.24) is 19.7 Å². The summed E-state index contributed by atoms with van der Waals surface area (Å²) in [4.78, 5) is 15.2. The van der Waals surface area contributed by atoms with Crippen molar-refractivity contribution in [3.63, 3.8) is 0 Å². The van der Waals surface area contributed by atoms with Crippen LogP contribution in [0.25, 0.3) is 0 Å². The van der Waals surface area contributed by atoms with Crippen molar-refractivity contribution in [1.29, 1.82) is 0 Å². The summed E-state index contributed by atoms with van der Waals surface area (Å²) in [7, 11) is 0. The molecule has 0 spiro atoms. The van der Waals surface area contributed by atoms with Gasteiger partial charge in [0.2, 0.25) is 5.91 Å². The molecule has 2 aromatic carbocycles. The number of nitrogens with one attached hydrogen (secondary N) is 1. The van der Waals surface area contributed by atoms with Crippen LogP contribution in [0.3, 0.4) is 0 Å². The monoisotopic (exact) mass is 489 g/mol. The second kappa shape index (κ2) is 10.7. The van der Waals surface area contributed by atoms with Crippen LogP contribution >= 0.6 is 35.0 Å². The predicted octanol–water partition coefficient (Wildman–Crippen LogP) is 5.35. The van der Waals surface area contributed by atoms with Gasteiger partial charge in [-0.1, -0.05) is 65.3 Å². The summed E-state index contributed by atoms with van der Waals surface area (Å²) >= 11 is 13.5. The molecule has 1 aliphatic heterocycles. The highest BCUT2D eigenvalue weighted by Gasteiger charge is 2.23. The Morgan fingerprint density at radius 3 is 2.56 bits per heavy atom. The van der Waals surface area contributed by atoms with E-state index in [2.05, 4.69) is 37.1 Å². The molecular weight excluding hydrogens is 465 g/mol. The van der Waals surface area contributed by atoms with Crippen LogP contribution in [0.4, 0.5) is 5.69 Å². The molecule has 1 aromatic heterocycles. The van der Waals surface area contributed by atoms with Gasteiger partial charge in [0, 0.05) is 5.02 Å². The molecule has 6 nitrogen and oxygen atoms in total. The van der Waals surface area contributed by atoms with Crippen LogP contribution in [0, 0.1) is 0 Å². The van der Waals surface area contributed by atoms with Crippen molar-refractivity contribution in [2.24, 2.45) is 0 Å². The van der Waals surface area contributed by atoms with E-state index < -0.39 is 0 Å². The predicted molar refractivity (Wildman–Crippen MR) is 130 cm³/mol. The number of rotatable bonds is 8. The first-order valence-corrected chi connectivity index (χ1v) is 12.2. The zero-order chi connectivity index (χ0) is 22.5. The van der Waals surface area contributed by atoms with E-state index in [0.29, 0.717) is 22.3 Å². The van der Waals surface area contributed by atoms with Crippen LogP contribution in [0.2, 0.25) is 10.0 Å². The topological polar surface area (TPSA) is 63.1 Å². The number of halogens is 2. The number of amides is 1. The molecule has 1 saturated heterocycles. The van der Waals surface area contributed by atoms with Crippen LogP contribution in [-0.4, -0.2) is 43.9 Å². The minimum atomic E-state index is -0.389. The second-order valence-corrected chi connectivity index (χ2v) is 9.98. The highest BCUT2D eigenvalue weighted by atomic mass is 35.5. The summed E-state index contributed by atoms with van der Waals surface area (Å²) in [6, 6.07) is 15.2. The normalized spacial score (nSPS) is 15.1. The fourth-order valence-corrected chi connectivity index (χ4v) is 4.95. The van der Waals surface area contributed by atoms with Gasteiger partial charge in [0.05, 0.1) is 29.0 Å². The van der Waals surface area contributed by atoms with Crippen LogP contribution in [-0.2, 0) is 17.9 Å². The zero-order valence-corrected chi connectivity index (χ0v) is 20.1. The molecule has 9 heteroatoms. The fourth-order valence-electron chi connectivity index (χ4n) is 3.63. The average molecular weight is 490 g/mol. The molecule has 1 unspecified atom stereocenters. The number of hydrogen-bond acceptors (Lipinski definition) is 5. The Labute approximate surface area is 202 Å². The quantitative estimate of drug-likeness (QED) is 0.432. The van der Waals surface area contributed by atoms with Gasteiger partial charge in [-0.2, -0.15) is 0 Å².